The first-order chi connectivity index (χ1) is 13.5. The summed E-state index contributed by atoms with van der Waals surface area (Å²) in [5.74, 6) is -0.352. The van der Waals surface area contributed by atoms with Gasteiger partial charge in [-0.3, -0.25) is 0 Å². The molecule has 0 aliphatic rings. The number of esters is 2. The van der Waals surface area contributed by atoms with E-state index < -0.39 is 11.9 Å². The van der Waals surface area contributed by atoms with Gasteiger partial charge in [-0.15, -0.1) is 0 Å². The quantitative estimate of drug-likeness (QED) is 0.317. The van der Waals surface area contributed by atoms with Gasteiger partial charge in [-0.2, -0.15) is 0 Å². The zero-order chi connectivity index (χ0) is 20.1. The Morgan fingerprint density at radius 3 is 2.25 bits per heavy atom. The average Bonchev–Trinajstić information content (AvgIpc) is 2.71. The van der Waals surface area contributed by atoms with Crippen LogP contribution in [0.4, 0.5) is 0 Å². The Bertz CT molecular complexity index is 1070. The number of hydrogen-bond donors (Lipinski definition) is 0. The molecule has 0 bridgehead atoms. The third kappa shape index (κ3) is 4.32. The van der Waals surface area contributed by atoms with Gasteiger partial charge in [-0.25, -0.2) is 9.59 Å². The second-order valence-electron chi connectivity index (χ2n) is 5.92. The zero-order valence-corrected chi connectivity index (χ0v) is 16.1. The molecule has 0 radical (unpaired) electrons. The molecule has 28 heavy (non-hydrogen) atoms. The van der Waals surface area contributed by atoms with Gasteiger partial charge in [-0.1, -0.05) is 60.8 Å². The number of rotatable bonds is 6. The van der Waals surface area contributed by atoms with Crippen LogP contribution in [0.25, 0.3) is 10.8 Å². The summed E-state index contributed by atoms with van der Waals surface area (Å²) in [6.07, 6.45) is 2.22. The maximum Gasteiger partial charge on any atom is 0.335 e. The summed E-state index contributed by atoms with van der Waals surface area (Å²) < 4.78 is 11.0. The maximum atomic E-state index is 12.0. The van der Waals surface area contributed by atoms with Crippen molar-refractivity contribution < 1.29 is 19.1 Å². The molecule has 0 atom stereocenters. The average molecular weight is 390 g/mol. The molecule has 0 aliphatic heterocycles. The molecule has 3 rings (SSSR count). The van der Waals surface area contributed by atoms with Gasteiger partial charge in [0.25, 0.3) is 0 Å². The van der Waals surface area contributed by atoms with Crippen molar-refractivity contribution in [1.29, 1.82) is 0 Å². The summed E-state index contributed by atoms with van der Waals surface area (Å²) in [7, 11) is 0. The first-order valence-corrected chi connectivity index (χ1v) is 9.32. The fourth-order valence-corrected chi connectivity index (χ4v) is 3.59. The first-order valence-electron chi connectivity index (χ1n) is 8.50. The molecule has 0 aliphatic carbocycles. The Balaban J connectivity index is 2.24. The number of hydrogen-bond acceptors (Lipinski definition) is 5. The van der Waals surface area contributed by atoms with Crippen molar-refractivity contribution in [3.8, 4) is 11.5 Å². The van der Waals surface area contributed by atoms with E-state index in [0.29, 0.717) is 27.2 Å². The fraction of sp³-hybridized carbons (Fsp3) is 0.0435. The molecule has 4 nitrogen and oxygen atoms in total. The van der Waals surface area contributed by atoms with Gasteiger partial charge < -0.3 is 9.47 Å². The molecule has 0 saturated heterocycles. The molecule has 140 valence electrons. The van der Waals surface area contributed by atoms with Gasteiger partial charge in [0.2, 0.25) is 0 Å². The maximum absolute atomic E-state index is 12.0. The molecule has 5 heteroatoms. The van der Waals surface area contributed by atoms with Gasteiger partial charge in [0.05, 0.1) is 4.90 Å². The van der Waals surface area contributed by atoms with Crippen LogP contribution in [-0.4, -0.2) is 11.9 Å². The van der Waals surface area contributed by atoms with Gasteiger partial charge in [0.1, 0.15) is 5.75 Å². The Morgan fingerprint density at radius 2 is 1.57 bits per heavy atom. The zero-order valence-electron chi connectivity index (χ0n) is 15.3. The van der Waals surface area contributed by atoms with Crippen LogP contribution in [0.1, 0.15) is 5.56 Å². The lowest BCUT2D eigenvalue weighted by molar-refractivity contribution is -0.130. The molecular formula is C23H18O4S. The Morgan fingerprint density at radius 1 is 0.893 bits per heavy atom. The largest absolute Gasteiger partial charge is 0.423 e. The molecule has 3 aromatic rings. The van der Waals surface area contributed by atoms with Crippen LogP contribution in [-0.2, 0) is 9.59 Å². The normalized spacial score (nSPS) is 10.3. The van der Waals surface area contributed by atoms with E-state index >= 15 is 0 Å². The third-order valence-corrected chi connectivity index (χ3v) is 4.92. The van der Waals surface area contributed by atoms with E-state index in [2.05, 4.69) is 13.2 Å². The van der Waals surface area contributed by atoms with Crippen molar-refractivity contribution in [1.82, 2.24) is 0 Å². The standard InChI is InChI=1S/C23H18O4S/c1-4-21(24)26-19-14-20(28-16-9-7-6-8-10-16)23(27-22(25)5-2)17-12-11-15(3)13-18(17)19/h4-14H,1-2H2,3H3. The van der Waals surface area contributed by atoms with E-state index in [4.69, 9.17) is 9.47 Å². The Labute approximate surface area is 167 Å². The lowest BCUT2D eigenvalue weighted by Crippen LogP contribution is -2.07. The molecule has 0 amide bonds. The van der Waals surface area contributed by atoms with Crippen molar-refractivity contribution >= 4 is 34.5 Å². The number of aryl methyl sites for hydroxylation is 1. The third-order valence-electron chi connectivity index (χ3n) is 3.89. The highest BCUT2D eigenvalue weighted by molar-refractivity contribution is 7.99. The molecular weight excluding hydrogens is 372 g/mol. The van der Waals surface area contributed by atoms with E-state index in [9.17, 15) is 9.59 Å². The van der Waals surface area contributed by atoms with Crippen molar-refractivity contribution in [3.05, 3.63) is 85.5 Å². The summed E-state index contributed by atoms with van der Waals surface area (Å²) in [5, 5.41) is 1.33. The second kappa shape index (κ2) is 8.59. The number of fused-ring (bicyclic) bond motifs is 1. The topological polar surface area (TPSA) is 52.6 Å². The van der Waals surface area contributed by atoms with Gasteiger partial charge >= 0.3 is 11.9 Å². The van der Waals surface area contributed by atoms with Crippen molar-refractivity contribution in [2.45, 2.75) is 16.7 Å². The summed E-state index contributed by atoms with van der Waals surface area (Å²) in [5.41, 5.74) is 0.980. The second-order valence-corrected chi connectivity index (χ2v) is 7.03. The molecule has 3 aromatic carbocycles. The first kappa shape index (κ1) is 19.5. The van der Waals surface area contributed by atoms with Gasteiger partial charge in [-0.05, 0) is 31.2 Å². The predicted molar refractivity (Wildman–Crippen MR) is 111 cm³/mol. The van der Waals surface area contributed by atoms with Crippen LogP contribution in [0, 0.1) is 6.92 Å². The van der Waals surface area contributed by atoms with E-state index in [1.54, 1.807) is 6.07 Å². The van der Waals surface area contributed by atoms with E-state index in [1.165, 1.54) is 11.8 Å². The monoisotopic (exact) mass is 390 g/mol. The fourth-order valence-electron chi connectivity index (χ4n) is 2.63. The molecule has 0 aromatic heterocycles. The van der Waals surface area contributed by atoms with Gasteiger partial charge in [0, 0.05) is 27.8 Å². The Kier molecular flexibility index (Phi) is 5.96. The number of carbonyl (C=O) groups excluding carboxylic acids is 2. The van der Waals surface area contributed by atoms with Gasteiger partial charge in [0.15, 0.2) is 5.75 Å². The molecule has 0 N–H and O–H groups in total. The minimum absolute atomic E-state index is 0.375. The van der Waals surface area contributed by atoms with Crippen LogP contribution >= 0.6 is 11.8 Å². The highest BCUT2D eigenvalue weighted by Gasteiger charge is 2.19. The predicted octanol–water partition coefficient (Wildman–Crippen LogP) is 5.48. The SMILES string of the molecule is C=CC(=O)Oc1cc(Sc2ccccc2)c(OC(=O)C=C)c2ccc(C)cc12. The van der Waals surface area contributed by atoms with Crippen LogP contribution < -0.4 is 9.47 Å². The van der Waals surface area contributed by atoms with Crippen LogP contribution in [0.3, 0.4) is 0 Å². The van der Waals surface area contributed by atoms with Crippen LogP contribution in [0.15, 0.2) is 89.7 Å². The molecule has 0 saturated carbocycles. The number of carbonyl (C=O) groups is 2. The minimum Gasteiger partial charge on any atom is -0.423 e. The molecule has 0 unspecified atom stereocenters. The van der Waals surface area contributed by atoms with Crippen molar-refractivity contribution in [3.63, 3.8) is 0 Å². The van der Waals surface area contributed by atoms with E-state index in [-0.39, 0.29) is 0 Å². The number of ether oxygens (including phenoxy) is 2. The summed E-state index contributed by atoms with van der Waals surface area (Å²) in [6, 6.07) is 17.0. The lowest BCUT2D eigenvalue weighted by Gasteiger charge is -2.16. The molecule has 0 spiro atoms. The van der Waals surface area contributed by atoms with Crippen LogP contribution in [0.5, 0.6) is 11.5 Å². The summed E-state index contributed by atoms with van der Waals surface area (Å²) in [6.45, 7) is 8.85. The number of benzene rings is 3. The van der Waals surface area contributed by atoms with E-state index in [0.717, 1.165) is 22.6 Å². The lowest BCUT2D eigenvalue weighted by atomic mass is 10.1. The molecule has 0 fully saturated rings. The summed E-state index contributed by atoms with van der Waals surface area (Å²) >= 11 is 1.41. The Hall–Kier alpha value is -3.31. The highest BCUT2D eigenvalue weighted by atomic mass is 32.2. The van der Waals surface area contributed by atoms with Crippen LogP contribution in [0.2, 0.25) is 0 Å². The van der Waals surface area contributed by atoms with E-state index in [1.807, 2.05) is 55.5 Å². The van der Waals surface area contributed by atoms with Crippen molar-refractivity contribution in [2.24, 2.45) is 0 Å². The molecule has 0 heterocycles. The highest BCUT2D eigenvalue weighted by Crippen LogP contribution is 2.44. The minimum atomic E-state index is -0.562. The smallest absolute Gasteiger partial charge is 0.335 e. The summed E-state index contributed by atoms with van der Waals surface area (Å²) in [4.78, 5) is 25.4. The van der Waals surface area contributed by atoms with Crippen molar-refractivity contribution in [2.75, 3.05) is 0 Å².